The molecule has 0 N–H and O–H groups in total. The van der Waals surface area contributed by atoms with Crippen molar-refractivity contribution in [3.8, 4) is 0 Å². The number of hydrogen-bond donors (Lipinski definition) is 0. The fourth-order valence-corrected chi connectivity index (χ4v) is 1.64. The summed E-state index contributed by atoms with van der Waals surface area (Å²) in [6, 6.07) is 10.4. The van der Waals surface area contributed by atoms with Crippen LogP contribution in [0.1, 0.15) is 19.4 Å². The number of rotatable bonds is 5. The van der Waals surface area contributed by atoms with Gasteiger partial charge in [0.1, 0.15) is 18.9 Å². The molecule has 17 heavy (non-hydrogen) atoms. The average molecular weight is 231 g/mol. The minimum atomic E-state index is 0.264. The van der Waals surface area contributed by atoms with Gasteiger partial charge in [-0.05, 0) is 19.4 Å². The van der Waals surface area contributed by atoms with Gasteiger partial charge in [-0.3, -0.25) is 0 Å². The van der Waals surface area contributed by atoms with Crippen LogP contribution in [0.15, 0.2) is 49.1 Å². The first-order valence-corrected chi connectivity index (χ1v) is 5.94. The Kier molecular flexibility index (Phi) is 3.94. The van der Waals surface area contributed by atoms with Gasteiger partial charge in [0.25, 0.3) is 0 Å². The van der Waals surface area contributed by atoms with E-state index < -0.39 is 0 Å². The lowest BCUT2D eigenvalue weighted by molar-refractivity contribution is -0.688. The van der Waals surface area contributed by atoms with Crippen molar-refractivity contribution in [2.24, 2.45) is 0 Å². The van der Waals surface area contributed by atoms with E-state index in [-0.39, 0.29) is 6.10 Å². The minimum absolute atomic E-state index is 0.264. The van der Waals surface area contributed by atoms with Gasteiger partial charge in [0.15, 0.2) is 6.73 Å². The van der Waals surface area contributed by atoms with Crippen molar-refractivity contribution in [1.29, 1.82) is 0 Å². The second kappa shape index (κ2) is 5.64. The number of hydrogen-bond acceptors (Lipinski definition) is 1. The van der Waals surface area contributed by atoms with E-state index >= 15 is 0 Å². The zero-order valence-corrected chi connectivity index (χ0v) is 10.4. The van der Waals surface area contributed by atoms with Crippen molar-refractivity contribution in [2.45, 2.75) is 33.2 Å². The summed E-state index contributed by atoms with van der Waals surface area (Å²) in [7, 11) is 0. The van der Waals surface area contributed by atoms with Crippen LogP contribution in [0.2, 0.25) is 0 Å². The maximum Gasteiger partial charge on any atom is 0.245 e. The third kappa shape index (κ3) is 3.71. The van der Waals surface area contributed by atoms with E-state index in [2.05, 4.69) is 41.4 Å². The molecule has 0 radical (unpaired) electrons. The quantitative estimate of drug-likeness (QED) is 0.721. The van der Waals surface area contributed by atoms with Gasteiger partial charge in [0.2, 0.25) is 6.33 Å². The zero-order valence-electron chi connectivity index (χ0n) is 10.4. The lowest BCUT2D eigenvalue weighted by Gasteiger charge is -2.03. The highest BCUT2D eigenvalue weighted by molar-refractivity contribution is 5.13. The number of ether oxygens (including phenoxy) is 1. The Labute approximate surface area is 102 Å². The van der Waals surface area contributed by atoms with Gasteiger partial charge in [-0.25, -0.2) is 9.13 Å². The third-order valence-electron chi connectivity index (χ3n) is 2.51. The van der Waals surface area contributed by atoms with E-state index in [0.29, 0.717) is 6.73 Å². The number of benzene rings is 1. The molecule has 0 aliphatic rings. The van der Waals surface area contributed by atoms with Gasteiger partial charge in [-0.1, -0.05) is 30.3 Å². The number of aromatic nitrogens is 2. The average Bonchev–Trinajstić information content (AvgIpc) is 2.75. The molecule has 0 amide bonds. The number of nitrogens with zero attached hydrogens (tertiary/aromatic N) is 2. The standard InChI is InChI=1S/C14H19N2O/c1-13(2)17-12-16-9-8-15(11-16)10-14-6-4-3-5-7-14/h3-9,11,13H,10,12H2,1-2H3/q+1. The topological polar surface area (TPSA) is 18.0 Å². The van der Waals surface area contributed by atoms with Crippen LogP contribution in [0.5, 0.6) is 0 Å². The lowest BCUT2D eigenvalue weighted by atomic mass is 10.2. The maximum absolute atomic E-state index is 5.54. The fourth-order valence-electron chi connectivity index (χ4n) is 1.64. The van der Waals surface area contributed by atoms with Gasteiger partial charge in [-0.15, -0.1) is 0 Å². The summed E-state index contributed by atoms with van der Waals surface area (Å²) in [6.45, 7) is 5.60. The molecular weight excluding hydrogens is 212 g/mol. The van der Waals surface area contributed by atoms with E-state index in [9.17, 15) is 0 Å². The van der Waals surface area contributed by atoms with Crippen LogP contribution in [0.4, 0.5) is 0 Å². The molecule has 2 aromatic rings. The summed E-state index contributed by atoms with van der Waals surface area (Å²) in [6.07, 6.45) is 6.43. The predicted octanol–water partition coefficient (Wildman–Crippen LogP) is 2.21. The molecule has 90 valence electrons. The molecule has 0 aliphatic heterocycles. The molecule has 0 spiro atoms. The first-order chi connectivity index (χ1) is 8.24. The van der Waals surface area contributed by atoms with Gasteiger partial charge in [0, 0.05) is 0 Å². The Balaban J connectivity index is 1.94. The van der Waals surface area contributed by atoms with Crippen LogP contribution in [0, 0.1) is 0 Å². The first-order valence-electron chi connectivity index (χ1n) is 5.94. The molecule has 0 fully saturated rings. The largest absolute Gasteiger partial charge is 0.339 e. The molecule has 0 saturated heterocycles. The normalized spacial score (nSPS) is 11.0. The van der Waals surface area contributed by atoms with E-state index in [0.717, 1.165) is 6.54 Å². The highest BCUT2D eigenvalue weighted by Gasteiger charge is 2.05. The van der Waals surface area contributed by atoms with Gasteiger partial charge in [-0.2, -0.15) is 0 Å². The molecule has 0 unspecified atom stereocenters. The molecule has 1 aromatic carbocycles. The van der Waals surface area contributed by atoms with Gasteiger partial charge >= 0.3 is 0 Å². The fraction of sp³-hybridized carbons (Fsp3) is 0.357. The van der Waals surface area contributed by atoms with Crippen molar-refractivity contribution < 1.29 is 9.30 Å². The van der Waals surface area contributed by atoms with Crippen LogP contribution in [0.3, 0.4) is 0 Å². The second-order valence-corrected chi connectivity index (χ2v) is 4.43. The van der Waals surface area contributed by atoms with E-state index in [1.807, 2.05) is 30.7 Å². The molecule has 2 rings (SSSR count). The predicted molar refractivity (Wildman–Crippen MR) is 66.4 cm³/mol. The Morgan fingerprint density at radius 3 is 2.71 bits per heavy atom. The van der Waals surface area contributed by atoms with Crippen molar-refractivity contribution in [3.05, 3.63) is 54.6 Å². The highest BCUT2D eigenvalue weighted by atomic mass is 16.5. The molecule has 0 aliphatic carbocycles. The molecule has 1 heterocycles. The second-order valence-electron chi connectivity index (χ2n) is 4.43. The Hall–Kier alpha value is -1.61. The molecule has 3 heteroatoms. The van der Waals surface area contributed by atoms with Gasteiger partial charge < -0.3 is 4.74 Å². The van der Waals surface area contributed by atoms with Crippen LogP contribution in [-0.2, 0) is 18.0 Å². The summed E-state index contributed by atoms with van der Waals surface area (Å²) in [5.41, 5.74) is 1.31. The van der Waals surface area contributed by atoms with Crippen LogP contribution < -0.4 is 4.57 Å². The van der Waals surface area contributed by atoms with Crippen molar-refractivity contribution >= 4 is 0 Å². The van der Waals surface area contributed by atoms with Gasteiger partial charge in [0.05, 0.1) is 6.10 Å². The van der Waals surface area contributed by atoms with Crippen LogP contribution >= 0.6 is 0 Å². The summed E-state index contributed by atoms with van der Waals surface area (Å²) in [4.78, 5) is 0. The minimum Gasteiger partial charge on any atom is -0.339 e. The zero-order chi connectivity index (χ0) is 12.1. The molecule has 3 nitrogen and oxygen atoms in total. The summed E-state index contributed by atoms with van der Waals surface area (Å²) < 4.78 is 9.74. The molecule has 1 aromatic heterocycles. The number of imidazole rings is 1. The maximum atomic E-state index is 5.54. The van der Waals surface area contributed by atoms with Crippen LogP contribution in [0.25, 0.3) is 0 Å². The molecule has 0 atom stereocenters. The van der Waals surface area contributed by atoms with E-state index in [4.69, 9.17) is 4.74 Å². The molecule has 0 saturated carbocycles. The lowest BCUT2D eigenvalue weighted by Crippen LogP contribution is -2.31. The van der Waals surface area contributed by atoms with E-state index in [1.165, 1.54) is 5.56 Å². The van der Waals surface area contributed by atoms with E-state index in [1.54, 1.807) is 0 Å². The summed E-state index contributed by atoms with van der Waals surface area (Å²) in [5.74, 6) is 0. The molecule has 0 bridgehead atoms. The summed E-state index contributed by atoms with van der Waals surface area (Å²) in [5, 5.41) is 0. The smallest absolute Gasteiger partial charge is 0.245 e. The van der Waals surface area contributed by atoms with Crippen molar-refractivity contribution in [1.82, 2.24) is 4.57 Å². The first kappa shape index (κ1) is 11.9. The summed E-state index contributed by atoms with van der Waals surface area (Å²) >= 11 is 0. The van der Waals surface area contributed by atoms with Crippen LogP contribution in [-0.4, -0.2) is 10.7 Å². The monoisotopic (exact) mass is 231 g/mol. The SMILES string of the molecule is CC(C)OCn1cc[n+](Cc2ccccc2)c1. The Bertz CT molecular complexity index is 448. The van der Waals surface area contributed by atoms with Crippen molar-refractivity contribution in [3.63, 3.8) is 0 Å². The Morgan fingerprint density at radius 2 is 2.00 bits per heavy atom. The van der Waals surface area contributed by atoms with Crippen molar-refractivity contribution in [2.75, 3.05) is 0 Å². The molecular formula is C14H19N2O+. The highest BCUT2D eigenvalue weighted by Crippen LogP contribution is 1.98. The Morgan fingerprint density at radius 1 is 1.24 bits per heavy atom. The third-order valence-corrected chi connectivity index (χ3v) is 2.51.